The second-order valence-electron chi connectivity index (χ2n) is 5.81. The van der Waals surface area contributed by atoms with Crippen LogP contribution >= 0.6 is 0 Å². The molecule has 0 bridgehead atoms. The number of hydrogen-bond acceptors (Lipinski definition) is 5. The highest BCUT2D eigenvalue weighted by Gasteiger charge is 2.21. The first-order valence-corrected chi connectivity index (χ1v) is 6.72. The number of likely N-dealkylation sites (N-methyl/N-ethyl adjacent to an activating group) is 1. The highest BCUT2D eigenvalue weighted by molar-refractivity contribution is 5.39. The third-order valence-electron chi connectivity index (χ3n) is 3.45. The molecule has 1 aliphatic rings. The van der Waals surface area contributed by atoms with Crippen molar-refractivity contribution in [3.63, 3.8) is 0 Å². The van der Waals surface area contributed by atoms with Crippen LogP contribution in [0, 0.1) is 11.3 Å². The lowest BCUT2D eigenvalue weighted by atomic mass is 9.95. The summed E-state index contributed by atoms with van der Waals surface area (Å²) in [7, 11) is 2.14. The number of hydrogen-bond donors (Lipinski definition) is 1. The Morgan fingerprint density at radius 2 is 2.21 bits per heavy atom. The van der Waals surface area contributed by atoms with Gasteiger partial charge in [-0.2, -0.15) is 10.4 Å². The summed E-state index contributed by atoms with van der Waals surface area (Å²) < 4.78 is 0. The van der Waals surface area contributed by atoms with Gasteiger partial charge in [0.05, 0.1) is 11.8 Å². The Balaban J connectivity index is 2.04. The molecule has 2 heterocycles. The van der Waals surface area contributed by atoms with Crippen LogP contribution in [-0.2, 0) is 0 Å². The van der Waals surface area contributed by atoms with E-state index in [4.69, 9.17) is 5.26 Å². The van der Waals surface area contributed by atoms with Crippen molar-refractivity contribution in [3.8, 4) is 6.07 Å². The molecule has 0 aromatic carbocycles. The van der Waals surface area contributed by atoms with E-state index in [2.05, 4.69) is 33.5 Å². The van der Waals surface area contributed by atoms with E-state index in [1.165, 1.54) is 19.4 Å². The van der Waals surface area contributed by atoms with Gasteiger partial charge in [0.15, 0.2) is 0 Å². The molecule has 0 aliphatic carbocycles. The molecule has 5 heteroatoms. The fourth-order valence-electron chi connectivity index (χ4n) is 2.38. The maximum Gasteiger partial charge on any atom is 0.149 e. The van der Waals surface area contributed by atoms with Crippen LogP contribution in [0.3, 0.4) is 0 Å². The summed E-state index contributed by atoms with van der Waals surface area (Å²) in [6.07, 6.45) is 2.39. The highest BCUT2D eigenvalue weighted by atomic mass is 15.2. The molecule has 19 heavy (non-hydrogen) atoms. The average molecular weight is 259 g/mol. The molecule has 0 amide bonds. The van der Waals surface area contributed by atoms with Gasteiger partial charge in [0, 0.05) is 12.5 Å². The predicted octanol–water partition coefficient (Wildman–Crippen LogP) is 2.00. The standard InChI is InChI=1S/C14H21N5/c1-14(2,10-15)16-13-7-6-12(17-18-13)11-5-4-8-19(3)9-11/h6-7,11H,4-5,8-9H2,1-3H3,(H,16,18). The molecular weight excluding hydrogens is 238 g/mol. The van der Waals surface area contributed by atoms with Crippen molar-refractivity contribution in [1.82, 2.24) is 15.1 Å². The van der Waals surface area contributed by atoms with Crippen LogP contribution in [0.5, 0.6) is 0 Å². The van der Waals surface area contributed by atoms with E-state index < -0.39 is 5.54 Å². The minimum absolute atomic E-state index is 0.476. The molecule has 1 N–H and O–H groups in total. The van der Waals surface area contributed by atoms with E-state index in [-0.39, 0.29) is 0 Å². The molecule has 0 saturated carbocycles. The zero-order valence-electron chi connectivity index (χ0n) is 11.8. The molecule has 1 aromatic rings. The predicted molar refractivity (Wildman–Crippen MR) is 74.8 cm³/mol. The number of aromatic nitrogens is 2. The summed E-state index contributed by atoms with van der Waals surface area (Å²) in [5.41, 5.74) is 0.424. The van der Waals surface area contributed by atoms with Gasteiger partial charge in [-0.1, -0.05) is 0 Å². The van der Waals surface area contributed by atoms with E-state index in [1.54, 1.807) is 0 Å². The molecule has 1 saturated heterocycles. The molecule has 1 aromatic heterocycles. The molecule has 1 aliphatic heterocycles. The molecule has 0 radical (unpaired) electrons. The van der Waals surface area contributed by atoms with E-state index >= 15 is 0 Å². The van der Waals surface area contributed by atoms with Gasteiger partial charge in [0.2, 0.25) is 0 Å². The van der Waals surface area contributed by atoms with Gasteiger partial charge in [-0.15, -0.1) is 5.10 Å². The summed E-state index contributed by atoms with van der Waals surface area (Å²) in [5, 5.41) is 20.5. The first-order valence-electron chi connectivity index (χ1n) is 6.72. The van der Waals surface area contributed by atoms with Gasteiger partial charge < -0.3 is 10.2 Å². The van der Waals surface area contributed by atoms with Crippen LogP contribution in [0.15, 0.2) is 12.1 Å². The summed E-state index contributed by atoms with van der Waals surface area (Å²) in [6, 6.07) is 6.12. The number of rotatable bonds is 3. The van der Waals surface area contributed by atoms with Crippen LogP contribution in [0.25, 0.3) is 0 Å². The Hall–Kier alpha value is -1.67. The third kappa shape index (κ3) is 3.65. The lowest BCUT2D eigenvalue weighted by Gasteiger charge is -2.29. The summed E-state index contributed by atoms with van der Waals surface area (Å²) >= 11 is 0. The topological polar surface area (TPSA) is 64.8 Å². The Labute approximate surface area is 114 Å². The van der Waals surface area contributed by atoms with Gasteiger partial charge in [-0.05, 0) is 52.4 Å². The van der Waals surface area contributed by atoms with Gasteiger partial charge in [0.1, 0.15) is 11.4 Å². The monoisotopic (exact) mass is 259 g/mol. The molecule has 0 spiro atoms. The second-order valence-corrected chi connectivity index (χ2v) is 5.81. The minimum Gasteiger partial charge on any atom is -0.351 e. The average Bonchev–Trinajstić information content (AvgIpc) is 2.39. The largest absolute Gasteiger partial charge is 0.351 e. The van der Waals surface area contributed by atoms with Crippen LogP contribution in [-0.4, -0.2) is 40.8 Å². The number of anilines is 1. The van der Waals surface area contributed by atoms with Gasteiger partial charge in [-0.25, -0.2) is 0 Å². The van der Waals surface area contributed by atoms with Crippen molar-refractivity contribution in [2.24, 2.45) is 0 Å². The Kier molecular flexibility index (Phi) is 4.01. The Morgan fingerprint density at radius 3 is 2.79 bits per heavy atom. The second kappa shape index (κ2) is 5.54. The molecule has 1 fully saturated rings. The van der Waals surface area contributed by atoms with E-state index in [9.17, 15) is 0 Å². The summed E-state index contributed by atoms with van der Waals surface area (Å²) in [5.74, 6) is 1.13. The van der Waals surface area contributed by atoms with Crippen molar-refractivity contribution in [2.45, 2.75) is 38.1 Å². The SMILES string of the molecule is CN1CCCC(c2ccc(NC(C)(C)C#N)nn2)C1. The van der Waals surface area contributed by atoms with Gasteiger partial charge in [0.25, 0.3) is 0 Å². The van der Waals surface area contributed by atoms with Crippen molar-refractivity contribution < 1.29 is 0 Å². The smallest absolute Gasteiger partial charge is 0.149 e. The van der Waals surface area contributed by atoms with Crippen LogP contribution in [0.4, 0.5) is 5.82 Å². The number of nitriles is 1. The fourth-order valence-corrected chi connectivity index (χ4v) is 2.38. The third-order valence-corrected chi connectivity index (χ3v) is 3.45. The van der Waals surface area contributed by atoms with Crippen molar-refractivity contribution in [2.75, 3.05) is 25.5 Å². The van der Waals surface area contributed by atoms with Gasteiger partial charge >= 0.3 is 0 Å². The number of nitrogens with one attached hydrogen (secondary N) is 1. The maximum atomic E-state index is 8.98. The number of nitrogens with zero attached hydrogens (tertiary/aromatic N) is 4. The summed E-state index contributed by atoms with van der Waals surface area (Å²) in [6.45, 7) is 5.85. The molecule has 5 nitrogen and oxygen atoms in total. The highest BCUT2D eigenvalue weighted by Crippen LogP contribution is 2.24. The van der Waals surface area contributed by atoms with E-state index in [0.717, 1.165) is 12.2 Å². The van der Waals surface area contributed by atoms with Crippen molar-refractivity contribution in [3.05, 3.63) is 17.8 Å². The summed E-state index contributed by atoms with van der Waals surface area (Å²) in [4.78, 5) is 2.33. The van der Waals surface area contributed by atoms with Crippen LogP contribution in [0.1, 0.15) is 38.3 Å². The quantitative estimate of drug-likeness (QED) is 0.899. The molecule has 1 unspecified atom stereocenters. The normalized spacial score (nSPS) is 20.8. The maximum absolute atomic E-state index is 8.98. The zero-order chi connectivity index (χ0) is 13.9. The molecular formula is C14H21N5. The first-order chi connectivity index (χ1) is 9.00. The number of likely N-dealkylation sites (tertiary alicyclic amines) is 1. The lowest BCUT2D eigenvalue weighted by Crippen LogP contribution is -2.31. The molecule has 1 atom stereocenters. The molecule has 2 rings (SSSR count). The van der Waals surface area contributed by atoms with Gasteiger partial charge in [-0.3, -0.25) is 0 Å². The zero-order valence-corrected chi connectivity index (χ0v) is 11.8. The lowest BCUT2D eigenvalue weighted by molar-refractivity contribution is 0.248. The fraction of sp³-hybridized carbons (Fsp3) is 0.643. The first kappa shape index (κ1) is 13.8. The molecule has 102 valence electrons. The van der Waals surface area contributed by atoms with Crippen molar-refractivity contribution in [1.29, 1.82) is 5.26 Å². The Bertz CT molecular complexity index is 460. The van der Waals surface area contributed by atoms with Crippen molar-refractivity contribution >= 4 is 5.82 Å². The van der Waals surface area contributed by atoms with E-state index in [1.807, 2.05) is 26.0 Å². The number of piperidine rings is 1. The Morgan fingerprint density at radius 1 is 1.42 bits per heavy atom. The van der Waals surface area contributed by atoms with Crippen LogP contribution in [0.2, 0.25) is 0 Å². The minimum atomic E-state index is -0.624. The van der Waals surface area contributed by atoms with Crippen LogP contribution < -0.4 is 5.32 Å². The van der Waals surface area contributed by atoms with E-state index in [0.29, 0.717) is 11.7 Å².